The molecule has 0 aliphatic carbocycles. The lowest BCUT2D eigenvalue weighted by atomic mass is 10.1. The van der Waals surface area contributed by atoms with Crippen LogP contribution in [0, 0.1) is 17.7 Å². The van der Waals surface area contributed by atoms with E-state index in [1.807, 2.05) is 4.90 Å². The molecule has 0 radical (unpaired) electrons. The molecule has 8 nitrogen and oxygen atoms in total. The Bertz CT molecular complexity index is 1120. The number of benzene rings is 2. The Morgan fingerprint density at radius 2 is 1.67 bits per heavy atom. The molecule has 1 heterocycles. The van der Waals surface area contributed by atoms with Crippen LogP contribution in [0.1, 0.15) is 44.6 Å². The second kappa shape index (κ2) is 15.7. The first-order valence-corrected chi connectivity index (χ1v) is 13.5. The van der Waals surface area contributed by atoms with Crippen molar-refractivity contribution in [1.29, 1.82) is 0 Å². The summed E-state index contributed by atoms with van der Waals surface area (Å²) in [6.07, 6.45) is 1.29. The number of hydrogen-bond acceptors (Lipinski definition) is 6. The second-order valence-corrected chi connectivity index (χ2v) is 9.42. The van der Waals surface area contributed by atoms with Gasteiger partial charge in [-0.2, -0.15) is 0 Å². The summed E-state index contributed by atoms with van der Waals surface area (Å²) in [4.78, 5) is 28.3. The summed E-state index contributed by atoms with van der Waals surface area (Å²) in [6, 6.07) is 13.5. The minimum absolute atomic E-state index is 0.113. The predicted octanol–water partition coefficient (Wildman–Crippen LogP) is 2.87. The van der Waals surface area contributed by atoms with Crippen LogP contribution >= 0.6 is 0 Å². The molecule has 3 rings (SSSR count). The Balaban J connectivity index is 1.37. The minimum atomic E-state index is -1.91. The highest BCUT2D eigenvalue weighted by Gasteiger charge is 2.34. The van der Waals surface area contributed by atoms with Crippen LogP contribution in [0.25, 0.3) is 0 Å². The zero-order valence-corrected chi connectivity index (χ0v) is 22.4. The number of para-hydroxylation sites is 1. The average molecular weight is 540 g/mol. The molecule has 210 valence electrons. The molecular formula is C30H38FN3O5. The number of nitrogens with zero attached hydrogens (tertiary/aromatic N) is 2. The SMILES string of the molecule is CCCCCC#CCCOc1ccc(CNC(=O)[C@H](O)[C@@H](O)C(=O)N2CCN(c3ccccc3F)CC2)cc1. The highest BCUT2D eigenvalue weighted by molar-refractivity contribution is 5.90. The molecular weight excluding hydrogens is 501 g/mol. The van der Waals surface area contributed by atoms with Gasteiger partial charge in [-0.3, -0.25) is 9.59 Å². The molecule has 1 fully saturated rings. The van der Waals surface area contributed by atoms with E-state index in [0.29, 0.717) is 37.6 Å². The van der Waals surface area contributed by atoms with Crippen molar-refractivity contribution in [2.24, 2.45) is 0 Å². The molecule has 0 bridgehead atoms. The predicted molar refractivity (Wildman–Crippen MR) is 148 cm³/mol. The maximum atomic E-state index is 14.0. The van der Waals surface area contributed by atoms with E-state index in [2.05, 4.69) is 24.1 Å². The van der Waals surface area contributed by atoms with Crippen molar-refractivity contribution in [2.75, 3.05) is 37.7 Å². The highest BCUT2D eigenvalue weighted by Crippen LogP contribution is 2.20. The van der Waals surface area contributed by atoms with E-state index in [-0.39, 0.29) is 25.5 Å². The molecule has 2 aromatic carbocycles. The first-order chi connectivity index (χ1) is 18.9. The summed E-state index contributed by atoms with van der Waals surface area (Å²) < 4.78 is 19.7. The third-order valence-electron chi connectivity index (χ3n) is 6.52. The molecule has 9 heteroatoms. The van der Waals surface area contributed by atoms with E-state index in [9.17, 15) is 24.2 Å². The lowest BCUT2D eigenvalue weighted by Crippen LogP contribution is -2.55. The molecule has 2 aromatic rings. The Labute approximate surface area is 229 Å². The maximum absolute atomic E-state index is 14.0. The molecule has 0 aromatic heterocycles. The largest absolute Gasteiger partial charge is 0.493 e. The van der Waals surface area contributed by atoms with Crippen molar-refractivity contribution in [3.05, 3.63) is 59.9 Å². The Morgan fingerprint density at radius 3 is 2.36 bits per heavy atom. The van der Waals surface area contributed by atoms with E-state index in [4.69, 9.17) is 4.74 Å². The summed E-state index contributed by atoms with van der Waals surface area (Å²) in [7, 11) is 0. The number of hydrogen-bond donors (Lipinski definition) is 3. The number of rotatable bonds is 12. The maximum Gasteiger partial charge on any atom is 0.254 e. The van der Waals surface area contributed by atoms with Crippen LogP contribution in [0.4, 0.5) is 10.1 Å². The van der Waals surface area contributed by atoms with Gasteiger partial charge in [0.2, 0.25) is 0 Å². The molecule has 1 saturated heterocycles. The molecule has 2 amide bonds. The van der Waals surface area contributed by atoms with Crippen LogP contribution in [0.15, 0.2) is 48.5 Å². The highest BCUT2D eigenvalue weighted by atomic mass is 19.1. The van der Waals surface area contributed by atoms with Crippen LogP contribution < -0.4 is 15.0 Å². The Morgan fingerprint density at radius 1 is 0.974 bits per heavy atom. The van der Waals surface area contributed by atoms with Crippen molar-refractivity contribution in [2.45, 2.75) is 57.8 Å². The molecule has 2 atom stereocenters. The lowest BCUT2D eigenvalue weighted by molar-refractivity contribution is -0.153. The standard InChI is InChI=1S/C30H38FN3O5/c1-2-3-4-5-6-7-10-21-39-24-15-13-23(14-16-24)22-32-29(37)27(35)28(36)30(38)34-19-17-33(18-20-34)26-12-9-8-11-25(26)31/h8-9,11-16,27-28,35-36H,2-5,10,17-22H2,1H3,(H,32,37)/t27-,28-/m1/s1. The van der Waals surface area contributed by atoms with Gasteiger partial charge in [0.1, 0.15) is 11.6 Å². The van der Waals surface area contributed by atoms with Gasteiger partial charge >= 0.3 is 0 Å². The Kier molecular flexibility index (Phi) is 12.1. The Hall–Kier alpha value is -3.61. The summed E-state index contributed by atoms with van der Waals surface area (Å²) in [6.45, 7) is 3.98. The first kappa shape index (κ1) is 29.9. The van der Waals surface area contributed by atoms with Crippen LogP contribution in [0.5, 0.6) is 5.75 Å². The van der Waals surface area contributed by atoms with Crippen LogP contribution in [0.3, 0.4) is 0 Å². The van der Waals surface area contributed by atoms with Crippen LogP contribution in [-0.2, 0) is 16.1 Å². The number of aliphatic hydroxyl groups is 2. The third kappa shape index (κ3) is 9.27. The van der Waals surface area contributed by atoms with Crippen molar-refractivity contribution in [3.8, 4) is 17.6 Å². The normalized spacial score (nSPS) is 14.7. The van der Waals surface area contributed by atoms with Gasteiger partial charge in [0.25, 0.3) is 11.8 Å². The molecule has 0 unspecified atom stereocenters. The zero-order chi connectivity index (χ0) is 28.0. The van der Waals surface area contributed by atoms with Gasteiger partial charge in [-0.15, -0.1) is 5.92 Å². The van der Waals surface area contributed by atoms with Crippen LogP contribution in [0.2, 0.25) is 0 Å². The molecule has 1 aliphatic heterocycles. The van der Waals surface area contributed by atoms with E-state index < -0.39 is 24.0 Å². The van der Waals surface area contributed by atoms with Gasteiger partial charge in [0, 0.05) is 45.6 Å². The van der Waals surface area contributed by atoms with Crippen molar-refractivity contribution >= 4 is 17.5 Å². The summed E-state index contributed by atoms with van der Waals surface area (Å²) in [5, 5.41) is 23.2. The average Bonchev–Trinajstić information content (AvgIpc) is 2.97. The summed E-state index contributed by atoms with van der Waals surface area (Å²) in [5.41, 5.74) is 1.22. The number of unbranched alkanes of at least 4 members (excludes halogenated alkanes) is 3. The fourth-order valence-electron chi connectivity index (χ4n) is 4.20. The van der Waals surface area contributed by atoms with Crippen LogP contribution in [-0.4, -0.2) is 71.9 Å². The molecule has 0 saturated carbocycles. The molecule has 39 heavy (non-hydrogen) atoms. The van der Waals surface area contributed by atoms with E-state index in [1.54, 1.807) is 42.5 Å². The summed E-state index contributed by atoms with van der Waals surface area (Å²) >= 11 is 0. The monoisotopic (exact) mass is 539 g/mol. The van der Waals surface area contributed by atoms with Crippen molar-refractivity contribution in [3.63, 3.8) is 0 Å². The molecule has 3 N–H and O–H groups in total. The number of ether oxygens (including phenoxy) is 1. The van der Waals surface area contributed by atoms with Gasteiger partial charge in [0.05, 0.1) is 12.3 Å². The second-order valence-electron chi connectivity index (χ2n) is 9.42. The molecule has 1 aliphatic rings. The first-order valence-electron chi connectivity index (χ1n) is 13.5. The minimum Gasteiger partial charge on any atom is -0.493 e. The number of nitrogens with one attached hydrogen (secondary N) is 1. The number of piperazine rings is 1. The number of amides is 2. The number of carbonyl (C=O) groups excluding carboxylic acids is 2. The topological polar surface area (TPSA) is 102 Å². The third-order valence-corrected chi connectivity index (χ3v) is 6.52. The van der Waals surface area contributed by atoms with Gasteiger partial charge in [-0.1, -0.05) is 50.0 Å². The van der Waals surface area contributed by atoms with E-state index in [1.165, 1.54) is 23.8 Å². The zero-order valence-electron chi connectivity index (χ0n) is 22.4. The smallest absolute Gasteiger partial charge is 0.254 e. The van der Waals surface area contributed by atoms with Gasteiger partial charge in [0.15, 0.2) is 12.2 Å². The summed E-state index contributed by atoms with van der Waals surface area (Å²) in [5.74, 6) is 5.02. The number of halogens is 1. The fourth-order valence-corrected chi connectivity index (χ4v) is 4.20. The van der Waals surface area contributed by atoms with Gasteiger partial charge in [-0.05, 0) is 36.2 Å². The molecule has 0 spiro atoms. The number of aliphatic hydroxyl groups excluding tert-OH is 2. The quantitative estimate of drug-likeness (QED) is 0.283. The number of anilines is 1. The van der Waals surface area contributed by atoms with Gasteiger partial charge < -0.3 is 30.1 Å². The van der Waals surface area contributed by atoms with Crippen molar-refractivity contribution in [1.82, 2.24) is 10.2 Å². The number of carbonyl (C=O) groups is 2. The van der Waals surface area contributed by atoms with Gasteiger partial charge in [-0.25, -0.2) is 4.39 Å². The van der Waals surface area contributed by atoms with Crippen molar-refractivity contribution < 1.29 is 28.9 Å². The lowest BCUT2D eigenvalue weighted by Gasteiger charge is -2.37. The fraction of sp³-hybridized carbons (Fsp3) is 0.467. The van der Waals surface area contributed by atoms with E-state index >= 15 is 0 Å². The van der Waals surface area contributed by atoms with E-state index in [0.717, 1.165) is 18.4 Å².